The summed E-state index contributed by atoms with van der Waals surface area (Å²) in [6.45, 7) is 4.61. The van der Waals surface area contributed by atoms with E-state index in [0.29, 0.717) is 5.41 Å². The smallest absolute Gasteiger partial charge is 0.122 e. The van der Waals surface area contributed by atoms with Crippen LogP contribution in [-0.2, 0) is 12.8 Å². The van der Waals surface area contributed by atoms with Crippen molar-refractivity contribution in [2.45, 2.75) is 26.7 Å². The van der Waals surface area contributed by atoms with Crippen LogP contribution >= 0.6 is 15.9 Å². The first kappa shape index (κ1) is 10.0. The first-order valence-electron chi connectivity index (χ1n) is 4.88. The van der Waals surface area contributed by atoms with Gasteiger partial charge in [-0.25, -0.2) is 0 Å². The van der Waals surface area contributed by atoms with Crippen molar-refractivity contribution in [3.63, 3.8) is 0 Å². The Morgan fingerprint density at radius 2 is 1.86 bits per heavy atom. The summed E-state index contributed by atoms with van der Waals surface area (Å²) in [5.74, 6) is 1.04. The molecule has 0 fully saturated rings. The molecule has 2 rings (SSSR count). The molecule has 0 aromatic heterocycles. The lowest BCUT2D eigenvalue weighted by Crippen LogP contribution is -2.09. The Labute approximate surface area is 93.6 Å². The molecule has 0 saturated heterocycles. The standard InChI is InChI=1S/C12H15BrO/c1-12(2)6-8-9(7-12)11(14-3)5-4-10(8)13/h4-5H,6-7H2,1-3H3. The fourth-order valence-electron chi connectivity index (χ4n) is 2.24. The first-order chi connectivity index (χ1) is 6.53. The fourth-order valence-corrected chi connectivity index (χ4v) is 2.75. The van der Waals surface area contributed by atoms with Crippen LogP contribution in [0.4, 0.5) is 0 Å². The van der Waals surface area contributed by atoms with Crippen molar-refractivity contribution < 1.29 is 4.74 Å². The van der Waals surface area contributed by atoms with Crippen molar-refractivity contribution in [3.8, 4) is 5.75 Å². The molecule has 0 saturated carbocycles. The normalized spacial score (nSPS) is 18.0. The van der Waals surface area contributed by atoms with Gasteiger partial charge in [-0.2, -0.15) is 0 Å². The zero-order valence-corrected chi connectivity index (χ0v) is 10.4. The molecule has 0 heterocycles. The SMILES string of the molecule is COc1ccc(Br)c2c1CC(C)(C)C2. The van der Waals surface area contributed by atoms with Crippen LogP contribution in [0.5, 0.6) is 5.75 Å². The highest BCUT2D eigenvalue weighted by Crippen LogP contribution is 2.43. The molecule has 1 nitrogen and oxygen atoms in total. The molecule has 76 valence electrons. The third-order valence-corrected chi connectivity index (χ3v) is 3.60. The van der Waals surface area contributed by atoms with Crippen LogP contribution in [0.3, 0.4) is 0 Å². The second-order valence-corrected chi connectivity index (χ2v) is 5.58. The minimum atomic E-state index is 0.374. The van der Waals surface area contributed by atoms with Crippen molar-refractivity contribution in [2.75, 3.05) is 7.11 Å². The fraction of sp³-hybridized carbons (Fsp3) is 0.500. The number of rotatable bonds is 1. The van der Waals surface area contributed by atoms with E-state index in [1.54, 1.807) is 7.11 Å². The second-order valence-electron chi connectivity index (χ2n) is 4.72. The minimum Gasteiger partial charge on any atom is -0.496 e. The maximum absolute atomic E-state index is 5.38. The zero-order chi connectivity index (χ0) is 10.3. The molecule has 2 heteroatoms. The van der Waals surface area contributed by atoms with Crippen LogP contribution in [0.1, 0.15) is 25.0 Å². The molecule has 0 atom stereocenters. The van der Waals surface area contributed by atoms with E-state index in [2.05, 4.69) is 35.8 Å². The maximum Gasteiger partial charge on any atom is 0.122 e. The Morgan fingerprint density at radius 1 is 1.21 bits per heavy atom. The molecule has 1 aromatic carbocycles. The van der Waals surface area contributed by atoms with Crippen LogP contribution in [0.2, 0.25) is 0 Å². The lowest BCUT2D eigenvalue weighted by molar-refractivity contribution is 0.379. The number of hydrogen-bond acceptors (Lipinski definition) is 1. The highest BCUT2D eigenvalue weighted by molar-refractivity contribution is 9.10. The molecule has 0 spiro atoms. The molecule has 0 N–H and O–H groups in total. The third-order valence-electron chi connectivity index (χ3n) is 2.86. The summed E-state index contributed by atoms with van der Waals surface area (Å²) >= 11 is 3.61. The van der Waals surface area contributed by atoms with E-state index >= 15 is 0 Å². The monoisotopic (exact) mass is 254 g/mol. The lowest BCUT2D eigenvalue weighted by Gasteiger charge is -2.15. The maximum atomic E-state index is 5.38. The molecular formula is C12H15BrO. The topological polar surface area (TPSA) is 9.23 Å². The quantitative estimate of drug-likeness (QED) is 0.745. The highest BCUT2D eigenvalue weighted by Gasteiger charge is 2.31. The summed E-state index contributed by atoms with van der Waals surface area (Å²) in [5, 5.41) is 0. The summed E-state index contributed by atoms with van der Waals surface area (Å²) < 4.78 is 6.61. The van der Waals surface area contributed by atoms with E-state index in [1.165, 1.54) is 15.6 Å². The zero-order valence-electron chi connectivity index (χ0n) is 8.86. The van der Waals surface area contributed by atoms with E-state index in [-0.39, 0.29) is 0 Å². The Bertz CT molecular complexity index is 369. The number of benzene rings is 1. The summed E-state index contributed by atoms with van der Waals surface area (Å²) in [4.78, 5) is 0. The van der Waals surface area contributed by atoms with Gasteiger partial charge in [0.05, 0.1) is 7.11 Å². The number of fused-ring (bicyclic) bond motifs is 1. The minimum absolute atomic E-state index is 0.374. The number of methoxy groups -OCH3 is 1. The van der Waals surface area contributed by atoms with Gasteiger partial charge in [0.2, 0.25) is 0 Å². The van der Waals surface area contributed by atoms with Gasteiger partial charge in [0, 0.05) is 4.47 Å². The Balaban J connectivity index is 2.53. The van der Waals surface area contributed by atoms with Crippen molar-refractivity contribution >= 4 is 15.9 Å². The van der Waals surface area contributed by atoms with Gasteiger partial charge < -0.3 is 4.74 Å². The lowest BCUT2D eigenvalue weighted by atomic mass is 9.90. The van der Waals surface area contributed by atoms with Gasteiger partial charge in [0.15, 0.2) is 0 Å². The molecular weight excluding hydrogens is 240 g/mol. The van der Waals surface area contributed by atoms with Gasteiger partial charge >= 0.3 is 0 Å². The van der Waals surface area contributed by atoms with Crippen LogP contribution in [-0.4, -0.2) is 7.11 Å². The summed E-state index contributed by atoms with van der Waals surface area (Å²) in [7, 11) is 1.74. The predicted molar refractivity (Wildman–Crippen MR) is 61.9 cm³/mol. The average Bonchev–Trinajstić information content (AvgIpc) is 2.42. The largest absolute Gasteiger partial charge is 0.496 e. The first-order valence-corrected chi connectivity index (χ1v) is 5.67. The van der Waals surface area contributed by atoms with Crippen LogP contribution in [0, 0.1) is 5.41 Å². The van der Waals surface area contributed by atoms with E-state index in [4.69, 9.17) is 4.74 Å². The number of ether oxygens (including phenoxy) is 1. The molecule has 0 amide bonds. The van der Waals surface area contributed by atoms with Gasteiger partial charge in [-0.1, -0.05) is 29.8 Å². The molecule has 0 unspecified atom stereocenters. The van der Waals surface area contributed by atoms with E-state index in [1.807, 2.05) is 6.07 Å². The molecule has 1 aliphatic carbocycles. The average molecular weight is 255 g/mol. The number of hydrogen-bond donors (Lipinski definition) is 0. The van der Waals surface area contributed by atoms with E-state index in [0.717, 1.165) is 18.6 Å². The Hall–Kier alpha value is -0.500. The van der Waals surface area contributed by atoms with E-state index < -0.39 is 0 Å². The van der Waals surface area contributed by atoms with Crippen molar-refractivity contribution in [1.29, 1.82) is 0 Å². The molecule has 1 aromatic rings. The summed E-state index contributed by atoms with van der Waals surface area (Å²) in [6, 6.07) is 4.13. The van der Waals surface area contributed by atoms with Gasteiger partial charge in [0.1, 0.15) is 5.75 Å². The van der Waals surface area contributed by atoms with Gasteiger partial charge in [-0.3, -0.25) is 0 Å². The second kappa shape index (κ2) is 3.27. The Kier molecular flexibility index (Phi) is 2.34. The highest BCUT2D eigenvalue weighted by atomic mass is 79.9. The van der Waals surface area contributed by atoms with Crippen molar-refractivity contribution in [1.82, 2.24) is 0 Å². The summed E-state index contributed by atoms with van der Waals surface area (Å²) in [5.41, 5.74) is 3.18. The molecule has 0 bridgehead atoms. The van der Waals surface area contributed by atoms with Crippen LogP contribution in [0.15, 0.2) is 16.6 Å². The molecule has 1 aliphatic rings. The summed E-state index contributed by atoms with van der Waals surface area (Å²) in [6.07, 6.45) is 2.26. The van der Waals surface area contributed by atoms with Crippen LogP contribution < -0.4 is 4.74 Å². The molecule has 0 radical (unpaired) electrons. The van der Waals surface area contributed by atoms with Crippen LogP contribution in [0.25, 0.3) is 0 Å². The van der Waals surface area contributed by atoms with Gasteiger partial charge in [0.25, 0.3) is 0 Å². The Morgan fingerprint density at radius 3 is 2.50 bits per heavy atom. The van der Waals surface area contributed by atoms with Crippen molar-refractivity contribution in [3.05, 3.63) is 27.7 Å². The predicted octanol–water partition coefficient (Wildman–Crippen LogP) is 3.58. The van der Waals surface area contributed by atoms with Crippen molar-refractivity contribution in [2.24, 2.45) is 5.41 Å². The van der Waals surface area contributed by atoms with Gasteiger partial charge in [-0.15, -0.1) is 0 Å². The van der Waals surface area contributed by atoms with Gasteiger partial charge in [-0.05, 0) is 41.5 Å². The van der Waals surface area contributed by atoms with E-state index in [9.17, 15) is 0 Å². The molecule has 0 aliphatic heterocycles. The number of halogens is 1. The third kappa shape index (κ3) is 1.56. The molecule has 14 heavy (non-hydrogen) atoms.